The predicted octanol–water partition coefficient (Wildman–Crippen LogP) is 5.69. The molecule has 2 rings (SSSR count). The molecule has 37 heavy (non-hydrogen) atoms. The summed E-state index contributed by atoms with van der Waals surface area (Å²) in [7, 11) is 1.53. The van der Waals surface area contributed by atoms with Gasteiger partial charge in [0.25, 0.3) is 0 Å². The van der Waals surface area contributed by atoms with Crippen LogP contribution in [0.5, 0.6) is 0 Å². The minimum absolute atomic E-state index is 0.00689. The first kappa shape index (κ1) is 29.3. The van der Waals surface area contributed by atoms with E-state index in [1.807, 2.05) is 32.0 Å². The third-order valence-corrected chi connectivity index (χ3v) is 5.95. The van der Waals surface area contributed by atoms with Gasteiger partial charge in [-0.05, 0) is 43.2 Å². The lowest BCUT2D eigenvalue weighted by Gasteiger charge is -2.26. The van der Waals surface area contributed by atoms with Gasteiger partial charge in [0, 0.05) is 48.7 Å². The maximum absolute atomic E-state index is 13.4. The average Bonchev–Trinajstić information content (AvgIpc) is 2.88. The van der Waals surface area contributed by atoms with Gasteiger partial charge in [-0.1, -0.05) is 54.8 Å². The van der Waals surface area contributed by atoms with Gasteiger partial charge in [0.1, 0.15) is 12.7 Å². The Hall–Kier alpha value is -3.91. The Kier molecular flexibility index (Phi) is 11.6. The van der Waals surface area contributed by atoms with Crippen molar-refractivity contribution < 1.29 is 9.13 Å². The van der Waals surface area contributed by atoms with E-state index in [1.54, 1.807) is 36.6 Å². The summed E-state index contributed by atoms with van der Waals surface area (Å²) < 4.78 is 18.9. The Bertz CT molecular complexity index is 1160. The first-order valence-corrected chi connectivity index (χ1v) is 12.0. The topological polar surface area (TPSA) is 113 Å². The van der Waals surface area contributed by atoms with Crippen molar-refractivity contribution in [2.45, 2.75) is 45.0 Å². The van der Waals surface area contributed by atoms with Crippen molar-refractivity contribution in [2.75, 3.05) is 13.7 Å². The van der Waals surface area contributed by atoms with E-state index in [0.29, 0.717) is 40.2 Å². The number of hydrogen-bond donors (Lipinski definition) is 3. The van der Waals surface area contributed by atoms with Crippen LogP contribution in [0, 0.1) is 17.2 Å². The molecule has 8 heteroatoms. The van der Waals surface area contributed by atoms with Gasteiger partial charge in [-0.15, -0.1) is 0 Å². The SMILES string of the molecule is C=C/C(=N\C=C/C)C(C[C@@H](CN=O)OC)NC(=C)c1cccc(C)c1C(=N)/C=C(\N)C1=CCC(F)C=C1. The zero-order chi connectivity index (χ0) is 27.4. The predicted molar refractivity (Wildman–Crippen MR) is 151 cm³/mol. The number of nitroso groups, excluding NO2 is 1. The van der Waals surface area contributed by atoms with Crippen molar-refractivity contribution in [3.8, 4) is 0 Å². The summed E-state index contributed by atoms with van der Waals surface area (Å²) >= 11 is 0. The van der Waals surface area contributed by atoms with Gasteiger partial charge in [0.2, 0.25) is 0 Å². The normalized spacial score (nSPS) is 17.7. The number of ether oxygens (including phenoxy) is 1. The maximum atomic E-state index is 13.4. The molecule has 1 aliphatic carbocycles. The number of halogens is 1. The summed E-state index contributed by atoms with van der Waals surface area (Å²) in [6.07, 6.45) is 10.7. The first-order valence-electron chi connectivity index (χ1n) is 12.0. The molecule has 1 aromatic carbocycles. The van der Waals surface area contributed by atoms with Crippen LogP contribution in [-0.4, -0.2) is 43.4 Å². The Morgan fingerprint density at radius 1 is 1.43 bits per heavy atom. The smallest absolute Gasteiger partial charge is 0.122 e. The highest BCUT2D eigenvalue weighted by molar-refractivity contribution is 6.11. The molecule has 0 saturated heterocycles. The number of rotatable bonds is 14. The van der Waals surface area contributed by atoms with E-state index in [0.717, 1.165) is 5.56 Å². The number of aryl methyl sites for hydroxylation is 1. The zero-order valence-corrected chi connectivity index (χ0v) is 21.7. The van der Waals surface area contributed by atoms with Crippen LogP contribution in [0.2, 0.25) is 0 Å². The van der Waals surface area contributed by atoms with E-state index in [9.17, 15) is 9.30 Å². The number of nitrogens with one attached hydrogen (secondary N) is 2. The molecule has 0 amide bonds. The molecule has 0 saturated carbocycles. The largest absolute Gasteiger partial charge is 0.398 e. The standard InChI is InChI=1S/C29H36FN5O2/c1-6-15-33-27(7-2)28(16-23(37-5)18-34-36)35-20(4)24-10-8-9-19(3)29(24)26(32)17-25(31)21-11-13-22(30)14-12-21/h6-13,15,17,22-23,28,32,35H,2,4,14,16,18,31H2,1,3,5H3/b15-6-,25-17-,32-26?,33-27+/t22?,23-,28?/m0/s1. The van der Waals surface area contributed by atoms with Crippen LogP contribution < -0.4 is 11.1 Å². The first-order chi connectivity index (χ1) is 17.7. The molecule has 0 bridgehead atoms. The van der Waals surface area contributed by atoms with Crippen LogP contribution in [0.1, 0.15) is 36.5 Å². The Morgan fingerprint density at radius 2 is 2.19 bits per heavy atom. The van der Waals surface area contributed by atoms with Crippen molar-refractivity contribution in [1.29, 1.82) is 5.41 Å². The third kappa shape index (κ3) is 8.32. The van der Waals surface area contributed by atoms with Crippen LogP contribution >= 0.6 is 0 Å². The second kappa shape index (κ2) is 14.6. The summed E-state index contributed by atoms with van der Waals surface area (Å²) in [5.74, 6) is 0. The number of methoxy groups -OCH3 is 1. The summed E-state index contributed by atoms with van der Waals surface area (Å²) in [6, 6.07) is 5.29. The van der Waals surface area contributed by atoms with E-state index in [4.69, 9.17) is 15.9 Å². The quantitative estimate of drug-likeness (QED) is 0.223. The molecule has 1 aliphatic rings. The molecule has 1 aromatic rings. The Balaban J connectivity index is 2.42. The van der Waals surface area contributed by atoms with E-state index < -0.39 is 12.3 Å². The zero-order valence-electron chi connectivity index (χ0n) is 21.7. The molecule has 0 fully saturated rings. The molecule has 4 N–H and O–H groups in total. The minimum atomic E-state index is -1.02. The maximum Gasteiger partial charge on any atom is 0.122 e. The van der Waals surface area contributed by atoms with E-state index in [2.05, 4.69) is 28.6 Å². The van der Waals surface area contributed by atoms with Crippen molar-refractivity contribution in [2.24, 2.45) is 15.9 Å². The van der Waals surface area contributed by atoms with Crippen molar-refractivity contribution >= 4 is 17.1 Å². The second-order valence-corrected chi connectivity index (χ2v) is 8.60. The molecule has 0 aromatic heterocycles. The fourth-order valence-electron chi connectivity index (χ4n) is 3.97. The lowest BCUT2D eigenvalue weighted by Crippen LogP contribution is -2.39. The monoisotopic (exact) mass is 505 g/mol. The lowest BCUT2D eigenvalue weighted by atomic mass is 9.93. The fourth-order valence-corrected chi connectivity index (χ4v) is 3.97. The highest BCUT2D eigenvalue weighted by Gasteiger charge is 2.22. The van der Waals surface area contributed by atoms with Gasteiger partial charge in [0.05, 0.1) is 23.6 Å². The average molecular weight is 506 g/mol. The van der Waals surface area contributed by atoms with E-state index >= 15 is 0 Å². The molecule has 0 radical (unpaired) electrons. The number of nitrogens with two attached hydrogens (primary N) is 1. The summed E-state index contributed by atoms with van der Waals surface area (Å²) in [4.78, 5) is 15.4. The number of alkyl halides is 1. The Labute approximate surface area is 218 Å². The van der Waals surface area contributed by atoms with Crippen molar-refractivity contribution in [3.63, 3.8) is 0 Å². The summed E-state index contributed by atoms with van der Waals surface area (Å²) in [5, 5.41) is 15.2. The molecule has 2 unspecified atom stereocenters. The molecule has 7 nitrogen and oxygen atoms in total. The van der Waals surface area contributed by atoms with E-state index in [1.165, 1.54) is 13.2 Å². The molecular weight excluding hydrogens is 469 g/mol. The third-order valence-electron chi connectivity index (χ3n) is 5.95. The van der Waals surface area contributed by atoms with Crippen LogP contribution in [0.4, 0.5) is 4.39 Å². The lowest BCUT2D eigenvalue weighted by molar-refractivity contribution is 0.0994. The van der Waals surface area contributed by atoms with Gasteiger partial charge < -0.3 is 21.2 Å². The van der Waals surface area contributed by atoms with Gasteiger partial charge in [-0.3, -0.25) is 4.99 Å². The number of nitrogens with zero attached hydrogens (tertiary/aromatic N) is 2. The number of aliphatic imine (C=N–C) groups is 1. The van der Waals surface area contributed by atoms with Crippen LogP contribution in [0.15, 0.2) is 95.5 Å². The van der Waals surface area contributed by atoms with Gasteiger partial charge in [-0.25, -0.2) is 4.39 Å². The van der Waals surface area contributed by atoms with Gasteiger partial charge >= 0.3 is 0 Å². The fraction of sp³-hybridized carbons (Fsp3) is 0.310. The summed E-state index contributed by atoms with van der Waals surface area (Å²) in [5.41, 5.74) is 11.0. The molecule has 0 aliphatic heterocycles. The van der Waals surface area contributed by atoms with Crippen molar-refractivity contribution in [1.82, 2.24) is 5.32 Å². The number of allylic oxidation sites excluding steroid dienone is 5. The highest BCUT2D eigenvalue weighted by Crippen LogP contribution is 2.24. The van der Waals surface area contributed by atoms with E-state index in [-0.39, 0.29) is 24.7 Å². The van der Waals surface area contributed by atoms with Gasteiger partial charge in [0.15, 0.2) is 0 Å². The molecule has 3 atom stereocenters. The highest BCUT2D eigenvalue weighted by atomic mass is 19.1. The van der Waals surface area contributed by atoms with Crippen molar-refractivity contribution in [3.05, 3.63) is 107 Å². The second-order valence-electron chi connectivity index (χ2n) is 8.60. The molecule has 196 valence electrons. The van der Waals surface area contributed by atoms with Crippen LogP contribution in [0.3, 0.4) is 0 Å². The minimum Gasteiger partial charge on any atom is -0.398 e. The molecular formula is C29H36FN5O2. The Morgan fingerprint density at radius 3 is 2.78 bits per heavy atom. The summed E-state index contributed by atoms with van der Waals surface area (Å²) in [6.45, 7) is 11.9. The van der Waals surface area contributed by atoms with Crippen LogP contribution in [-0.2, 0) is 4.74 Å². The van der Waals surface area contributed by atoms with Gasteiger partial charge in [-0.2, -0.15) is 4.91 Å². The van der Waals surface area contributed by atoms with Crippen LogP contribution in [0.25, 0.3) is 5.70 Å². The number of hydrogen-bond acceptors (Lipinski definition) is 7. The number of benzene rings is 1. The molecule has 0 heterocycles. The molecule has 0 spiro atoms.